The van der Waals surface area contributed by atoms with Crippen LogP contribution in [0.3, 0.4) is 0 Å². The predicted molar refractivity (Wildman–Crippen MR) is 113 cm³/mol. The first-order valence-electron chi connectivity index (χ1n) is 10.7. The number of hydrogen-bond acceptors (Lipinski definition) is 5. The number of nitrogens with zero attached hydrogens (tertiary/aromatic N) is 5. The molecule has 1 aromatic carbocycles. The summed E-state index contributed by atoms with van der Waals surface area (Å²) in [6.07, 6.45) is -1.64. The van der Waals surface area contributed by atoms with Crippen LogP contribution in [0.1, 0.15) is 37.6 Å². The quantitative estimate of drug-likeness (QED) is 0.627. The fourth-order valence-electron chi connectivity index (χ4n) is 3.96. The van der Waals surface area contributed by atoms with Gasteiger partial charge in [-0.15, -0.1) is 15.3 Å². The molecule has 0 spiro atoms. The van der Waals surface area contributed by atoms with Gasteiger partial charge in [-0.1, -0.05) is 30.3 Å². The van der Waals surface area contributed by atoms with Crippen LogP contribution < -0.4 is 10.2 Å². The molecule has 1 fully saturated rings. The van der Waals surface area contributed by atoms with Gasteiger partial charge in [-0.05, 0) is 50.3 Å². The topological polar surface area (TPSA) is 75.4 Å². The number of aryl methyl sites for hydroxylation is 1. The zero-order valence-electron chi connectivity index (χ0n) is 17.7. The van der Waals surface area contributed by atoms with Crippen LogP contribution in [-0.2, 0) is 17.4 Å². The monoisotopic (exact) mass is 446 g/mol. The summed E-state index contributed by atoms with van der Waals surface area (Å²) in [4.78, 5) is 14.6. The van der Waals surface area contributed by atoms with Crippen molar-refractivity contribution in [2.75, 3.05) is 18.0 Å². The number of anilines is 1. The minimum Gasteiger partial charge on any atom is -0.355 e. The fraction of sp³-hybridized carbons (Fsp3) is 0.455. The van der Waals surface area contributed by atoms with Crippen molar-refractivity contribution in [3.05, 3.63) is 53.9 Å². The summed E-state index contributed by atoms with van der Waals surface area (Å²) < 4.78 is 40.0. The van der Waals surface area contributed by atoms with Crippen molar-refractivity contribution < 1.29 is 18.0 Å². The Kier molecular flexibility index (Phi) is 6.29. The van der Waals surface area contributed by atoms with Crippen LogP contribution in [0, 0.1) is 5.92 Å². The lowest BCUT2D eigenvalue weighted by Crippen LogP contribution is -2.43. The summed E-state index contributed by atoms with van der Waals surface area (Å²) in [6.45, 7) is 3.09. The Morgan fingerprint density at radius 1 is 1.12 bits per heavy atom. The van der Waals surface area contributed by atoms with E-state index in [1.807, 2.05) is 30.0 Å². The van der Waals surface area contributed by atoms with Gasteiger partial charge in [0.2, 0.25) is 5.91 Å². The van der Waals surface area contributed by atoms with Crippen molar-refractivity contribution >= 4 is 17.4 Å². The highest BCUT2D eigenvalue weighted by Crippen LogP contribution is 2.28. The number of carbonyl (C=O) groups is 1. The lowest BCUT2D eigenvalue weighted by molar-refractivity contribution is -0.146. The number of rotatable bonds is 6. The van der Waals surface area contributed by atoms with Crippen LogP contribution >= 0.6 is 0 Å². The summed E-state index contributed by atoms with van der Waals surface area (Å²) in [5, 5.41) is 13.9. The zero-order chi connectivity index (χ0) is 22.7. The zero-order valence-corrected chi connectivity index (χ0v) is 17.7. The predicted octanol–water partition coefficient (Wildman–Crippen LogP) is 3.50. The molecule has 32 heavy (non-hydrogen) atoms. The van der Waals surface area contributed by atoms with E-state index in [4.69, 9.17) is 0 Å². The second kappa shape index (κ2) is 9.13. The van der Waals surface area contributed by atoms with Crippen LogP contribution in [-0.4, -0.2) is 44.8 Å². The molecule has 1 atom stereocenters. The maximum Gasteiger partial charge on any atom is 0.453 e. The second-order valence-corrected chi connectivity index (χ2v) is 8.18. The number of fused-ring (bicyclic) bond motifs is 1. The second-order valence-electron chi connectivity index (χ2n) is 8.18. The van der Waals surface area contributed by atoms with Gasteiger partial charge in [-0.3, -0.25) is 4.79 Å². The van der Waals surface area contributed by atoms with Crippen LogP contribution in [0.15, 0.2) is 42.5 Å². The van der Waals surface area contributed by atoms with E-state index in [2.05, 4.69) is 32.7 Å². The lowest BCUT2D eigenvalue weighted by atomic mass is 9.95. The van der Waals surface area contributed by atoms with Gasteiger partial charge < -0.3 is 10.2 Å². The third-order valence-electron chi connectivity index (χ3n) is 5.79. The number of carbonyl (C=O) groups excluding carboxylic acids is 1. The molecule has 1 aliphatic rings. The van der Waals surface area contributed by atoms with E-state index in [1.54, 1.807) is 6.07 Å². The van der Waals surface area contributed by atoms with Crippen molar-refractivity contribution in [2.24, 2.45) is 5.92 Å². The Hall–Kier alpha value is -3.17. The van der Waals surface area contributed by atoms with Gasteiger partial charge in [0.1, 0.15) is 5.82 Å². The highest BCUT2D eigenvalue weighted by Gasteiger charge is 2.38. The Balaban J connectivity index is 1.31. The van der Waals surface area contributed by atoms with Crippen LogP contribution in [0.5, 0.6) is 0 Å². The van der Waals surface area contributed by atoms with E-state index in [0.717, 1.165) is 17.4 Å². The lowest BCUT2D eigenvalue weighted by Gasteiger charge is -2.32. The first-order valence-corrected chi connectivity index (χ1v) is 10.7. The maximum atomic E-state index is 13.1. The molecule has 2 aromatic heterocycles. The van der Waals surface area contributed by atoms with E-state index >= 15 is 0 Å². The SMILES string of the molecule is C[C@@H](CCc1ccccc1)NC(=O)C1CCN(c2ccc3nnc(C(F)(F)F)n3n2)CC1. The van der Waals surface area contributed by atoms with Gasteiger partial charge in [0.15, 0.2) is 5.65 Å². The number of alkyl halides is 3. The molecule has 0 unspecified atom stereocenters. The third-order valence-corrected chi connectivity index (χ3v) is 5.79. The molecule has 3 aromatic rings. The summed E-state index contributed by atoms with van der Waals surface area (Å²) >= 11 is 0. The van der Waals surface area contributed by atoms with Gasteiger partial charge in [0.25, 0.3) is 5.82 Å². The van der Waals surface area contributed by atoms with E-state index in [-0.39, 0.29) is 23.5 Å². The van der Waals surface area contributed by atoms with Crippen molar-refractivity contribution in [3.8, 4) is 0 Å². The normalized spacial score (nSPS) is 16.3. The molecule has 0 saturated carbocycles. The highest BCUT2D eigenvalue weighted by molar-refractivity contribution is 5.79. The summed E-state index contributed by atoms with van der Waals surface area (Å²) in [7, 11) is 0. The summed E-state index contributed by atoms with van der Waals surface area (Å²) in [6, 6.07) is 13.3. The summed E-state index contributed by atoms with van der Waals surface area (Å²) in [5.74, 6) is -0.812. The molecule has 0 radical (unpaired) electrons. The molecule has 4 rings (SSSR count). The molecule has 10 heteroatoms. The molecule has 1 aliphatic heterocycles. The number of nitrogens with one attached hydrogen (secondary N) is 1. The summed E-state index contributed by atoms with van der Waals surface area (Å²) in [5.41, 5.74) is 1.29. The Labute approximate surface area is 183 Å². The number of amides is 1. The minimum absolute atomic E-state index is 0.0341. The van der Waals surface area contributed by atoms with Crippen molar-refractivity contribution in [1.29, 1.82) is 0 Å². The molecule has 1 N–H and O–H groups in total. The van der Waals surface area contributed by atoms with E-state index in [1.165, 1.54) is 11.6 Å². The molecule has 7 nitrogen and oxygen atoms in total. The number of benzene rings is 1. The largest absolute Gasteiger partial charge is 0.453 e. The molecule has 1 saturated heterocycles. The van der Waals surface area contributed by atoms with Gasteiger partial charge in [0.05, 0.1) is 0 Å². The average molecular weight is 446 g/mol. The van der Waals surface area contributed by atoms with E-state index in [9.17, 15) is 18.0 Å². The Bertz CT molecular complexity index is 1060. The smallest absolute Gasteiger partial charge is 0.355 e. The number of halogens is 3. The van der Waals surface area contributed by atoms with Gasteiger partial charge >= 0.3 is 6.18 Å². The van der Waals surface area contributed by atoms with Crippen molar-refractivity contribution in [2.45, 2.75) is 44.8 Å². The van der Waals surface area contributed by atoms with Crippen LogP contribution in [0.2, 0.25) is 0 Å². The average Bonchev–Trinajstić information content (AvgIpc) is 3.22. The first kappa shape index (κ1) is 22.0. The Morgan fingerprint density at radius 3 is 2.53 bits per heavy atom. The van der Waals surface area contributed by atoms with Gasteiger partial charge in [-0.2, -0.15) is 17.7 Å². The first-order chi connectivity index (χ1) is 15.3. The highest BCUT2D eigenvalue weighted by atomic mass is 19.4. The van der Waals surface area contributed by atoms with E-state index in [0.29, 0.717) is 31.7 Å². The van der Waals surface area contributed by atoms with Gasteiger partial charge in [0, 0.05) is 25.0 Å². The van der Waals surface area contributed by atoms with Crippen molar-refractivity contribution in [3.63, 3.8) is 0 Å². The van der Waals surface area contributed by atoms with Gasteiger partial charge in [-0.25, -0.2) is 0 Å². The number of aromatic nitrogens is 4. The molecular weight excluding hydrogens is 421 g/mol. The standard InChI is InChI=1S/C22H25F3N6O/c1-15(7-8-16-5-3-2-4-6-16)26-20(32)17-11-13-30(14-12-17)19-10-9-18-27-28-21(22(23,24)25)31(18)29-19/h2-6,9-10,15,17H,7-8,11-14H2,1H3,(H,26,32)/t15-/m0/s1. The number of piperidine rings is 1. The fourth-order valence-corrected chi connectivity index (χ4v) is 3.96. The molecule has 0 aliphatic carbocycles. The van der Waals surface area contributed by atoms with Crippen LogP contribution in [0.4, 0.5) is 19.0 Å². The Morgan fingerprint density at radius 2 is 1.84 bits per heavy atom. The van der Waals surface area contributed by atoms with Crippen LogP contribution in [0.25, 0.3) is 5.65 Å². The maximum absolute atomic E-state index is 13.1. The third kappa shape index (κ3) is 5.00. The van der Waals surface area contributed by atoms with Crippen molar-refractivity contribution in [1.82, 2.24) is 25.1 Å². The molecule has 1 amide bonds. The molecule has 3 heterocycles. The molecule has 0 bridgehead atoms. The number of hydrogen-bond donors (Lipinski definition) is 1. The minimum atomic E-state index is -4.63. The molecule has 170 valence electrons. The molecular formula is C22H25F3N6O. The van der Waals surface area contributed by atoms with E-state index < -0.39 is 12.0 Å².